The van der Waals surface area contributed by atoms with Gasteiger partial charge >= 0.3 is 5.97 Å². The summed E-state index contributed by atoms with van der Waals surface area (Å²) in [6.45, 7) is 2.17. The Morgan fingerprint density at radius 1 is 0.962 bits per heavy atom. The molecule has 0 saturated carbocycles. The number of ether oxygens (including phenoxy) is 3. The maximum Gasteiger partial charge on any atom is 0.306 e. The van der Waals surface area contributed by atoms with E-state index in [9.17, 15) is 9.59 Å². The van der Waals surface area contributed by atoms with E-state index in [-0.39, 0.29) is 18.9 Å². The van der Waals surface area contributed by atoms with Crippen LogP contribution in [0.2, 0.25) is 0 Å². The minimum atomic E-state index is -0.414. The number of carbonyl (C=O) groups excluding carboxylic acids is 2. The van der Waals surface area contributed by atoms with Crippen LogP contribution in [0, 0.1) is 0 Å². The van der Waals surface area contributed by atoms with Crippen LogP contribution in [0.3, 0.4) is 0 Å². The van der Waals surface area contributed by atoms with Gasteiger partial charge in [0, 0.05) is 12.1 Å². The first-order valence-corrected chi connectivity index (χ1v) is 8.42. The number of amides is 1. The van der Waals surface area contributed by atoms with Gasteiger partial charge in [0.25, 0.3) is 5.91 Å². The van der Waals surface area contributed by atoms with Crippen LogP contribution in [-0.4, -0.2) is 32.2 Å². The van der Waals surface area contributed by atoms with Gasteiger partial charge < -0.3 is 19.5 Å². The van der Waals surface area contributed by atoms with Crippen LogP contribution in [0.1, 0.15) is 18.9 Å². The minimum absolute atomic E-state index is 0.211. The number of esters is 1. The molecule has 0 aliphatic heterocycles. The highest BCUT2D eigenvalue weighted by Crippen LogP contribution is 2.15. The van der Waals surface area contributed by atoms with E-state index >= 15 is 0 Å². The van der Waals surface area contributed by atoms with Crippen molar-refractivity contribution in [2.75, 3.05) is 25.6 Å². The fraction of sp³-hybridized carbons (Fsp3) is 0.300. The number of nitrogens with one attached hydrogen (secondary N) is 1. The number of rotatable bonds is 9. The molecule has 0 heterocycles. The predicted molar refractivity (Wildman–Crippen MR) is 98.5 cm³/mol. The first-order chi connectivity index (χ1) is 12.6. The Kier molecular flexibility index (Phi) is 7.49. The third kappa shape index (κ3) is 6.47. The second-order valence-electron chi connectivity index (χ2n) is 5.51. The molecule has 2 rings (SSSR count). The zero-order valence-corrected chi connectivity index (χ0v) is 15.0. The molecule has 2 aromatic rings. The Morgan fingerprint density at radius 2 is 1.62 bits per heavy atom. The first kappa shape index (κ1) is 19.3. The average molecular weight is 357 g/mol. The lowest BCUT2D eigenvalue weighted by Gasteiger charge is -2.08. The monoisotopic (exact) mass is 357 g/mol. The van der Waals surface area contributed by atoms with Gasteiger partial charge in [-0.1, -0.05) is 12.1 Å². The largest absolute Gasteiger partial charge is 0.497 e. The molecule has 26 heavy (non-hydrogen) atoms. The highest BCUT2D eigenvalue weighted by atomic mass is 16.5. The third-order valence-corrected chi connectivity index (χ3v) is 3.59. The third-order valence-electron chi connectivity index (χ3n) is 3.59. The predicted octanol–water partition coefficient (Wildman–Crippen LogP) is 3.21. The van der Waals surface area contributed by atoms with E-state index in [4.69, 9.17) is 14.2 Å². The van der Waals surface area contributed by atoms with Gasteiger partial charge in [-0.05, 0) is 55.3 Å². The Hall–Kier alpha value is -3.02. The summed E-state index contributed by atoms with van der Waals surface area (Å²) in [6, 6.07) is 14.5. The van der Waals surface area contributed by atoms with Gasteiger partial charge in [0.2, 0.25) is 0 Å². The van der Waals surface area contributed by atoms with Crippen LogP contribution in [0.5, 0.6) is 11.5 Å². The van der Waals surface area contributed by atoms with Crippen molar-refractivity contribution in [2.24, 2.45) is 0 Å². The fourth-order valence-corrected chi connectivity index (χ4v) is 2.26. The SMILES string of the molecule is CCOc1ccc(NC(=O)COC(=O)CCc2ccc(OC)cc2)cc1. The maximum atomic E-state index is 11.8. The highest BCUT2D eigenvalue weighted by molar-refractivity contribution is 5.92. The van der Waals surface area contributed by atoms with E-state index in [1.54, 1.807) is 31.4 Å². The summed E-state index contributed by atoms with van der Waals surface area (Å²) in [5, 5.41) is 2.67. The summed E-state index contributed by atoms with van der Waals surface area (Å²) < 4.78 is 15.4. The summed E-state index contributed by atoms with van der Waals surface area (Å²) in [6.07, 6.45) is 0.756. The standard InChI is InChI=1S/C20H23NO5/c1-3-25-18-11-7-16(8-12-18)21-19(22)14-26-20(23)13-6-15-4-9-17(24-2)10-5-15/h4-5,7-12H,3,6,13-14H2,1-2H3,(H,21,22). The van der Waals surface area contributed by atoms with Gasteiger partial charge in [0.15, 0.2) is 6.61 Å². The van der Waals surface area contributed by atoms with Crippen molar-refractivity contribution in [1.82, 2.24) is 0 Å². The highest BCUT2D eigenvalue weighted by Gasteiger charge is 2.08. The Morgan fingerprint density at radius 3 is 2.23 bits per heavy atom. The fourth-order valence-electron chi connectivity index (χ4n) is 2.26. The molecular weight excluding hydrogens is 334 g/mol. The lowest BCUT2D eigenvalue weighted by Crippen LogP contribution is -2.21. The van der Waals surface area contributed by atoms with Gasteiger partial charge in [-0.25, -0.2) is 0 Å². The number of methoxy groups -OCH3 is 1. The molecule has 0 aliphatic rings. The molecule has 2 aromatic carbocycles. The summed E-state index contributed by atoms with van der Waals surface area (Å²) in [5.41, 5.74) is 1.62. The average Bonchev–Trinajstić information content (AvgIpc) is 2.67. The van der Waals surface area contributed by atoms with Gasteiger partial charge in [-0.2, -0.15) is 0 Å². The number of anilines is 1. The lowest BCUT2D eigenvalue weighted by atomic mass is 10.1. The second-order valence-corrected chi connectivity index (χ2v) is 5.51. The van der Waals surface area contributed by atoms with Crippen molar-refractivity contribution < 1.29 is 23.8 Å². The van der Waals surface area contributed by atoms with Crippen molar-refractivity contribution in [3.05, 3.63) is 54.1 Å². The molecule has 6 nitrogen and oxygen atoms in total. The number of hydrogen-bond acceptors (Lipinski definition) is 5. The molecule has 0 unspecified atom stereocenters. The quantitative estimate of drug-likeness (QED) is 0.698. The van der Waals surface area contributed by atoms with E-state index in [2.05, 4.69) is 5.32 Å². The Bertz CT molecular complexity index is 710. The van der Waals surface area contributed by atoms with E-state index < -0.39 is 5.97 Å². The van der Waals surface area contributed by atoms with Gasteiger partial charge in [-0.15, -0.1) is 0 Å². The topological polar surface area (TPSA) is 73.9 Å². The molecule has 0 aliphatic carbocycles. The molecule has 0 atom stereocenters. The van der Waals surface area contributed by atoms with E-state index in [1.807, 2.05) is 31.2 Å². The molecule has 0 fully saturated rings. The van der Waals surface area contributed by atoms with Crippen LogP contribution in [0.25, 0.3) is 0 Å². The van der Waals surface area contributed by atoms with Crippen LogP contribution in [0.4, 0.5) is 5.69 Å². The van der Waals surface area contributed by atoms with Crippen LogP contribution in [0.15, 0.2) is 48.5 Å². The zero-order chi connectivity index (χ0) is 18.8. The molecule has 0 spiro atoms. The summed E-state index contributed by atoms with van der Waals surface area (Å²) >= 11 is 0. The van der Waals surface area contributed by atoms with Crippen molar-refractivity contribution in [3.8, 4) is 11.5 Å². The molecule has 0 radical (unpaired) electrons. The van der Waals surface area contributed by atoms with Gasteiger partial charge in [0.1, 0.15) is 11.5 Å². The summed E-state index contributed by atoms with van der Waals surface area (Å²) in [5.74, 6) is 0.701. The van der Waals surface area contributed by atoms with Crippen LogP contribution < -0.4 is 14.8 Å². The molecule has 0 bridgehead atoms. The van der Waals surface area contributed by atoms with Crippen molar-refractivity contribution >= 4 is 17.6 Å². The number of hydrogen-bond donors (Lipinski definition) is 1. The van der Waals surface area contributed by atoms with Crippen molar-refractivity contribution in [1.29, 1.82) is 0 Å². The van der Waals surface area contributed by atoms with E-state index in [0.717, 1.165) is 17.1 Å². The lowest BCUT2D eigenvalue weighted by molar-refractivity contribution is -0.147. The van der Waals surface area contributed by atoms with E-state index in [0.29, 0.717) is 18.7 Å². The number of benzene rings is 2. The van der Waals surface area contributed by atoms with Crippen molar-refractivity contribution in [3.63, 3.8) is 0 Å². The van der Waals surface area contributed by atoms with E-state index in [1.165, 1.54) is 0 Å². The second kappa shape index (κ2) is 10.1. The van der Waals surface area contributed by atoms with Crippen molar-refractivity contribution in [2.45, 2.75) is 19.8 Å². The Labute approximate surface area is 153 Å². The minimum Gasteiger partial charge on any atom is -0.497 e. The number of carbonyl (C=O) groups is 2. The molecule has 0 saturated heterocycles. The van der Waals surface area contributed by atoms with Crippen LogP contribution >= 0.6 is 0 Å². The summed E-state index contributed by atoms with van der Waals surface area (Å²) in [4.78, 5) is 23.6. The number of aryl methyl sites for hydroxylation is 1. The van der Waals surface area contributed by atoms with Gasteiger partial charge in [0.05, 0.1) is 13.7 Å². The molecule has 138 valence electrons. The normalized spacial score (nSPS) is 10.1. The van der Waals surface area contributed by atoms with Crippen LogP contribution in [-0.2, 0) is 20.7 Å². The molecule has 6 heteroatoms. The molecular formula is C20H23NO5. The zero-order valence-electron chi connectivity index (χ0n) is 15.0. The van der Waals surface area contributed by atoms with Gasteiger partial charge in [-0.3, -0.25) is 9.59 Å². The smallest absolute Gasteiger partial charge is 0.306 e. The Balaban J connectivity index is 1.69. The molecule has 1 amide bonds. The maximum absolute atomic E-state index is 11.8. The molecule has 0 aromatic heterocycles. The molecule has 1 N–H and O–H groups in total. The summed E-state index contributed by atoms with van der Waals surface area (Å²) in [7, 11) is 1.60. The first-order valence-electron chi connectivity index (χ1n) is 8.42.